The molecular weight excluding hydrogens is 419 g/mol. The number of amides is 2. The van der Waals surface area contributed by atoms with Gasteiger partial charge in [-0.05, 0) is 56.1 Å². The van der Waals surface area contributed by atoms with Crippen molar-refractivity contribution >= 4 is 39.7 Å². The maximum atomic E-state index is 13.2. The van der Waals surface area contributed by atoms with Gasteiger partial charge in [0.05, 0.1) is 11.4 Å². The van der Waals surface area contributed by atoms with Crippen LogP contribution in [-0.4, -0.2) is 46.5 Å². The van der Waals surface area contributed by atoms with Crippen molar-refractivity contribution in [3.8, 4) is 0 Å². The summed E-state index contributed by atoms with van der Waals surface area (Å²) in [6.07, 6.45) is 2.46. The van der Waals surface area contributed by atoms with Crippen LogP contribution in [-0.2, 0) is 16.1 Å². The van der Waals surface area contributed by atoms with Crippen LogP contribution in [0.3, 0.4) is 0 Å². The molecule has 2 amide bonds. The number of piperidine rings is 1. The molecular formula is C21H25FN6O2S. The van der Waals surface area contributed by atoms with Gasteiger partial charge in [-0.1, -0.05) is 6.92 Å². The topological polar surface area (TPSA) is 104 Å². The molecule has 1 atom stereocenters. The third-order valence-corrected chi connectivity index (χ3v) is 6.43. The molecule has 0 spiro atoms. The normalized spacial score (nSPS) is 20.0. The molecule has 0 saturated carbocycles. The summed E-state index contributed by atoms with van der Waals surface area (Å²) in [7, 11) is 0. The molecule has 2 aliphatic heterocycles. The fraction of sp³-hybridized carbons (Fsp3) is 0.429. The molecule has 0 radical (unpaired) electrons. The number of carbonyl (C=O) groups is 2. The highest BCUT2D eigenvalue weighted by Gasteiger charge is 2.35. The van der Waals surface area contributed by atoms with Gasteiger partial charge in [0.1, 0.15) is 17.6 Å². The van der Waals surface area contributed by atoms with Gasteiger partial charge in [0.25, 0.3) is 5.91 Å². The van der Waals surface area contributed by atoms with Crippen LogP contribution in [0.1, 0.15) is 31.9 Å². The van der Waals surface area contributed by atoms with Crippen molar-refractivity contribution < 1.29 is 14.0 Å². The number of rotatable bonds is 6. The number of nitrogens with two attached hydrogens (primary N) is 1. The standard InChI is InChI=1S/C21H25FN6O2S/c1-13-6-8-27(9-7-13)11-15-12-31-21(24-15)25-20(30)17-10-18(19(23)29)28(26-17)16-4-2-14(22)3-5-16/h2-5,12-13,18H,6-11H2,1H3,(H2,23,29)(H,24,25,30). The van der Waals surface area contributed by atoms with E-state index in [1.165, 1.54) is 53.5 Å². The zero-order valence-corrected chi connectivity index (χ0v) is 18.1. The maximum absolute atomic E-state index is 13.2. The molecule has 1 aromatic heterocycles. The largest absolute Gasteiger partial charge is 0.368 e. The first-order valence-electron chi connectivity index (χ1n) is 10.3. The molecule has 0 aliphatic carbocycles. The lowest BCUT2D eigenvalue weighted by Crippen LogP contribution is -2.39. The Bertz CT molecular complexity index is 984. The Labute approximate surface area is 183 Å². The van der Waals surface area contributed by atoms with Crippen molar-refractivity contribution in [2.45, 2.75) is 38.8 Å². The van der Waals surface area contributed by atoms with Gasteiger partial charge < -0.3 is 5.73 Å². The summed E-state index contributed by atoms with van der Waals surface area (Å²) < 4.78 is 13.2. The number of nitrogens with zero attached hydrogens (tertiary/aromatic N) is 4. The Kier molecular flexibility index (Phi) is 6.28. The number of hydrogen-bond donors (Lipinski definition) is 2. The minimum absolute atomic E-state index is 0.0722. The second-order valence-corrected chi connectivity index (χ2v) is 8.90. The van der Waals surface area contributed by atoms with E-state index in [0.29, 0.717) is 10.8 Å². The van der Waals surface area contributed by atoms with Crippen LogP contribution >= 0.6 is 11.3 Å². The number of aromatic nitrogens is 1. The van der Waals surface area contributed by atoms with E-state index in [4.69, 9.17) is 5.73 Å². The van der Waals surface area contributed by atoms with Crippen LogP contribution in [0.25, 0.3) is 0 Å². The van der Waals surface area contributed by atoms with Crippen LogP contribution < -0.4 is 16.1 Å². The van der Waals surface area contributed by atoms with Crippen molar-refractivity contribution in [2.75, 3.05) is 23.4 Å². The zero-order chi connectivity index (χ0) is 22.0. The molecule has 1 aromatic carbocycles. The Morgan fingerprint density at radius 3 is 2.65 bits per heavy atom. The van der Waals surface area contributed by atoms with Crippen LogP contribution in [0.4, 0.5) is 15.2 Å². The lowest BCUT2D eigenvalue weighted by Gasteiger charge is -2.29. The number of benzene rings is 1. The van der Waals surface area contributed by atoms with E-state index >= 15 is 0 Å². The Balaban J connectivity index is 1.41. The van der Waals surface area contributed by atoms with E-state index in [0.717, 1.165) is 31.2 Å². The SMILES string of the molecule is CC1CCN(Cc2csc(NC(=O)C3=NN(c4ccc(F)cc4)C(C(N)=O)C3)n2)CC1. The summed E-state index contributed by atoms with van der Waals surface area (Å²) in [4.78, 5) is 31.5. The van der Waals surface area contributed by atoms with Gasteiger partial charge in [0, 0.05) is 18.3 Å². The van der Waals surface area contributed by atoms with Crippen LogP contribution in [0.2, 0.25) is 0 Å². The first kappa shape index (κ1) is 21.4. The Morgan fingerprint density at radius 1 is 1.26 bits per heavy atom. The van der Waals surface area contributed by atoms with Gasteiger partial charge in [0.2, 0.25) is 5.91 Å². The molecule has 2 aromatic rings. The molecule has 1 unspecified atom stereocenters. The van der Waals surface area contributed by atoms with Gasteiger partial charge in [-0.15, -0.1) is 11.3 Å². The number of hydrogen-bond acceptors (Lipinski definition) is 7. The number of likely N-dealkylation sites (tertiary alicyclic amines) is 1. The second kappa shape index (κ2) is 9.11. The monoisotopic (exact) mass is 444 g/mol. The van der Waals surface area contributed by atoms with Crippen molar-refractivity contribution in [1.29, 1.82) is 0 Å². The van der Waals surface area contributed by atoms with E-state index in [9.17, 15) is 14.0 Å². The molecule has 2 aliphatic rings. The summed E-state index contributed by atoms with van der Waals surface area (Å²) >= 11 is 1.36. The lowest BCUT2D eigenvalue weighted by molar-refractivity contribution is -0.119. The smallest absolute Gasteiger partial charge is 0.273 e. The van der Waals surface area contributed by atoms with Gasteiger partial charge in [-0.3, -0.25) is 24.8 Å². The fourth-order valence-electron chi connectivity index (χ4n) is 3.76. The van der Waals surface area contributed by atoms with E-state index in [-0.39, 0.29) is 12.1 Å². The summed E-state index contributed by atoms with van der Waals surface area (Å²) in [6, 6.07) is 4.70. The molecule has 8 nitrogen and oxygen atoms in total. The third kappa shape index (κ3) is 5.08. The van der Waals surface area contributed by atoms with Gasteiger partial charge in [-0.25, -0.2) is 9.37 Å². The van der Waals surface area contributed by atoms with Crippen LogP contribution in [0.15, 0.2) is 34.7 Å². The zero-order valence-electron chi connectivity index (χ0n) is 17.3. The fourth-order valence-corrected chi connectivity index (χ4v) is 4.45. The van der Waals surface area contributed by atoms with E-state index in [2.05, 4.69) is 27.2 Å². The van der Waals surface area contributed by atoms with Crippen molar-refractivity contribution in [3.05, 3.63) is 41.2 Å². The molecule has 1 saturated heterocycles. The van der Waals surface area contributed by atoms with E-state index < -0.39 is 23.7 Å². The highest BCUT2D eigenvalue weighted by molar-refractivity contribution is 7.14. The predicted octanol–water partition coefficient (Wildman–Crippen LogP) is 2.57. The van der Waals surface area contributed by atoms with E-state index in [1.807, 2.05) is 5.38 Å². The molecule has 3 heterocycles. The maximum Gasteiger partial charge on any atom is 0.273 e. The van der Waals surface area contributed by atoms with Crippen molar-refractivity contribution in [2.24, 2.45) is 16.8 Å². The van der Waals surface area contributed by atoms with Crippen LogP contribution in [0, 0.1) is 11.7 Å². The minimum atomic E-state index is -0.806. The summed E-state index contributed by atoms with van der Waals surface area (Å²) in [5.41, 5.74) is 7.08. The highest BCUT2D eigenvalue weighted by atomic mass is 32.1. The first-order valence-corrected chi connectivity index (χ1v) is 11.2. The summed E-state index contributed by atoms with van der Waals surface area (Å²) in [6.45, 7) is 5.16. The number of nitrogens with one attached hydrogen (secondary N) is 1. The average Bonchev–Trinajstić information content (AvgIpc) is 3.38. The Morgan fingerprint density at radius 2 is 1.97 bits per heavy atom. The molecule has 4 rings (SSSR count). The lowest BCUT2D eigenvalue weighted by atomic mass is 9.99. The Hall–Kier alpha value is -2.85. The summed E-state index contributed by atoms with van der Waals surface area (Å²) in [5.74, 6) is -0.668. The van der Waals surface area contributed by atoms with Crippen molar-refractivity contribution in [3.63, 3.8) is 0 Å². The quantitative estimate of drug-likeness (QED) is 0.713. The second-order valence-electron chi connectivity index (χ2n) is 8.05. The number of primary amides is 1. The predicted molar refractivity (Wildman–Crippen MR) is 118 cm³/mol. The molecule has 0 bridgehead atoms. The number of carbonyl (C=O) groups excluding carboxylic acids is 2. The van der Waals surface area contributed by atoms with Gasteiger partial charge >= 0.3 is 0 Å². The third-order valence-electron chi connectivity index (χ3n) is 5.63. The number of hydrazone groups is 1. The number of thiazole rings is 1. The number of anilines is 2. The molecule has 31 heavy (non-hydrogen) atoms. The van der Waals surface area contributed by atoms with Gasteiger partial charge in [-0.2, -0.15) is 5.10 Å². The molecule has 3 N–H and O–H groups in total. The molecule has 10 heteroatoms. The molecule has 1 fully saturated rings. The van der Waals surface area contributed by atoms with Crippen molar-refractivity contribution in [1.82, 2.24) is 9.88 Å². The minimum Gasteiger partial charge on any atom is -0.368 e. The van der Waals surface area contributed by atoms with Crippen LogP contribution in [0.5, 0.6) is 0 Å². The highest BCUT2D eigenvalue weighted by Crippen LogP contribution is 2.26. The first-order chi connectivity index (χ1) is 14.9. The van der Waals surface area contributed by atoms with Gasteiger partial charge in [0.15, 0.2) is 5.13 Å². The summed E-state index contributed by atoms with van der Waals surface area (Å²) in [5, 5.41) is 10.8. The van der Waals surface area contributed by atoms with E-state index in [1.54, 1.807) is 0 Å². The average molecular weight is 445 g/mol. The number of halogens is 1. The molecule has 164 valence electrons.